The highest BCUT2D eigenvalue weighted by Gasteiger charge is 2.70. The average molecular weight is 664 g/mol. The highest BCUT2D eigenvalue weighted by Crippen LogP contribution is 2.65. The summed E-state index contributed by atoms with van der Waals surface area (Å²) in [5, 5.41) is 8.56. The van der Waals surface area contributed by atoms with Crippen LogP contribution in [0.2, 0.25) is 0 Å². The SMILES string of the molecule is CC1(C)C2CN(C(=O)[C@@H](NC(=O)NC3(CS(=O)(=O)C(C)(C)C)CCCCC3)C(C)(C)C)[C@H](C(=O)NC(CC3=CC3)C(=O)C(N)=O)C21. The van der Waals surface area contributed by atoms with Gasteiger partial charge in [-0.2, -0.15) is 0 Å². The molecule has 0 aromatic rings. The number of fused-ring (bicyclic) bond motifs is 1. The Labute approximate surface area is 273 Å². The van der Waals surface area contributed by atoms with Crippen LogP contribution in [0, 0.1) is 22.7 Å². The summed E-state index contributed by atoms with van der Waals surface area (Å²) in [6, 6.07) is -3.69. The minimum absolute atomic E-state index is 0.0474. The van der Waals surface area contributed by atoms with E-state index in [1.54, 1.807) is 20.8 Å². The van der Waals surface area contributed by atoms with Crippen molar-refractivity contribution >= 4 is 39.4 Å². The Morgan fingerprint density at radius 3 is 2.09 bits per heavy atom. The van der Waals surface area contributed by atoms with E-state index in [-0.39, 0.29) is 29.4 Å². The summed E-state index contributed by atoms with van der Waals surface area (Å²) in [5.74, 6) is -3.30. The van der Waals surface area contributed by atoms with E-state index in [1.807, 2.05) is 40.7 Å². The summed E-state index contributed by atoms with van der Waals surface area (Å²) in [6.07, 6.45) is 6.32. The molecule has 0 bridgehead atoms. The molecule has 0 spiro atoms. The number of hydrogen-bond acceptors (Lipinski definition) is 7. The van der Waals surface area contributed by atoms with Crippen molar-refractivity contribution < 1.29 is 32.4 Å². The number of piperidine rings is 1. The smallest absolute Gasteiger partial charge is 0.315 e. The molecule has 13 heteroatoms. The van der Waals surface area contributed by atoms with E-state index in [1.165, 1.54) is 4.90 Å². The van der Waals surface area contributed by atoms with Gasteiger partial charge in [-0.05, 0) is 69.1 Å². The third-order valence-electron chi connectivity index (χ3n) is 10.6. The Bertz CT molecular complexity index is 1420. The van der Waals surface area contributed by atoms with Crippen LogP contribution in [-0.2, 0) is 29.0 Å². The second kappa shape index (κ2) is 12.2. The molecule has 4 rings (SSSR count). The lowest BCUT2D eigenvalue weighted by molar-refractivity contribution is -0.145. The molecule has 12 nitrogen and oxygen atoms in total. The van der Waals surface area contributed by atoms with Gasteiger partial charge in [0.1, 0.15) is 18.1 Å². The number of carbonyl (C=O) groups excluding carboxylic acids is 5. The van der Waals surface area contributed by atoms with Gasteiger partial charge in [0, 0.05) is 6.54 Å². The van der Waals surface area contributed by atoms with E-state index in [2.05, 4.69) is 16.0 Å². The highest BCUT2D eigenvalue weighted by molar-refractivity contribution is 7.92. The first-order chi connectivity index (χ1) is 21.0. The van der Waals surface area contributed by atoms with Gasteiger partial charge in [0.2, 0.25) is 17.6 Å². The number of nitrogens with zero attached hydrogens (tertiary/aromatic N) is 1. The van der Waals surface area contributed by atoms with Crippen molar-refractivity contribution in [3.8, 4) is 0 Å². The van der Waals surface area contributed by atoms with E-state index >= 15 is 0 Å². The average Bonchev–Trinajstić information content (AvgIpc) is 3.76. The molecule has 3 aliphatic carbocycles. The first-order valence-electron chi connectivity index (χ1n) is 16.4. The molecule has 5 atom stereocenters. The van der Waals surface area contributed by atoms with Crippen LogP contribution in [0.1, 0.15) is 100 Å². The summed E-state index contributed by atoms with van der Waals surface area (Å²) >= 11 is 0. The number of urea groups is 1. The maximum atomic E-state index is 14.3. The van der Waals surface area contributed by atoms with Crippen molar-refractivity contribution in [2.24, 2.45) is 28.4 Å². The zero-order valence-corrected chi connectivity index (χ0v) is 29.4. The Morgan fingerprint density at radius 2 is 1.59 bits per heavy atom. The molecule has 3 unspecified atom stereocenters. The van der Waals surface area contributed by atoms with Crippen LogP contribution in [0.25, 0.3) is 0 Å². The number of amides is 5. The van der Waals surface area contributed by atoms with Crippen LogP contribution in [0.4, 0.5) is 4.79 Å². The van der Waals surface area contributed by atoms with E-state index in [0.29, 0.717) is 25.8 Å². The third-order valence-corrected chi connectivity index (χ3v) is 13.4. The van der Waals surface area contributed by atoms with Crippen molar-refractivity contribution in [1.29, 1.82) is 0 Å². The number of sulfone groups is 1. The molecular formula is C33H53N5O7S. The fraction of sp³-hybridized carbons (Fsp3) is 0.788. The fourth-order valence-corrected chi connectivity index (χ4v) is 8.81. The zero-order chi connectivity index (χ0) is 34.6. The first-order valence-corrected chi connectivity index (χ1v) is 18.1. The highest BCUT2D eigenvalue weighted by atomic mass is 32.2. The van der Waals surface area contributed by atoms with E-state index in [9.17, 15) is 32.4 Å². The van der Waals surface area contributed by atoms with Gasteiger partial charge in [-0.3, -0.25) is 19.2 Å². The maximum Gasteiger partial charge on any atom is 0.315 e. The second-order valence-corrected chi connectivity index (χ2v) is 19.3. The second-order valence-electron chi connectivity index (χ2n) is 16.6. The predicted octanol–water partition coefficient (Wildman–Crippen LogP) is 2.36. The zero-order valence-electron chi connectivity index (χ0n) is 28.6. The largest absolute Gasteiger partial charge is 0.363 e. The standard InChI is InChI=1S/C33H53N5O7S/c1-30(2,3)25(36-29(43)37-33(14-10-9-11-15-33)18-46(44,45)31(4,5)6)28(42)38-17-20-22(32(20,7)8)23(38)27(41)35-21(16-19-12-13-19)24(39)26(34)40/h12,20-23,25H,9-11,13-18H2,1-8H3,(H2,34,40)(H,35,41)(H2,36,37,43)/t20?,21?,22?,23-,25+/m0/s1. The maximum absolute atomic E-state index is 14.3. The molecule has 0 radical (unpaired) electrons. The number of nitrogens with two attached hydrogens (primary N) is 1. The fourth-order valence-electron chi connectivity index (χ4n) is 7.29. The summed E-state index contributed by atoms with van der Waals surface area (Å²) in [5.41, 5.74) is 4.28. The van der Waals surface area contributed by atoms with Gasteiger partial charge >= 0.3 is 6.03 Å². The van der Waals surface area contributed by atoms with Gasteiger partial charge in [-0.1, -0.05) is 65.5 Å². The number of ketones is 1. The Kier molecular flexibility index (Phi) is 9.55. The number of nitrogens with one attached hydrogen (secondary N) is 3. The van der Waals surface area contributed by atoms with Gasteiger partial charge in [-0.15, -0.1) is 0 Å². The molecular weight excluding hydrogens is 610 g/mol. The summed E-state index contributed by atoms with van der Waals surface area (Å²) in [6.45, 7) is 14.8. The summed E-state index contributed by atoms with van der Waals surface area (Å²) in [4.78, 5) is 67.7. The van der Waals surface area contributed by atoms with Crippen LogP contribution >= 0.6 is 0 Å². The molecule has 5 amide bonds. The van der Waals surface area contributed by atoms with Gasteiger partial charge in [0.15, 0.2) is 9.84 Å². The van der Waals surface area contributed by atoms with Crippen molar-refractivity contribution in [2.45, 2.75) is 129 Å². The monoisotopic (exact) mass is 663 g/mol. The van der Waals surface area contributed by atoms with Crippen molar-refractivity contribution in [2.75, 3.05) is 12.3 Å². The Balaban J connectivity index is 1.55. The molecule has 1 heterocycles. The number of Topliss-reactive ketones (excluding diaryl/α,β-unsaturated/α-hetero) is 1. The third kappa shape index (κ3) is 7.44. The van der Waals surface area contributed by atoms with Gasteiger partial charge < -0.3 is 26.6 Å². The molecule has 4 aliphatic rings. The molecule has 258 valence electrons. The van der Waals surface area contributed by atoms with Gasteiger partial charge in [-0.25, -0.2) is 13.2 Å². The van der Waals surface area contributed by atoms with E-state index < -0.39 is 73.2 Å². The lowest BCUT2D eigenvalue weighted by Crippen LogP contribution is -2.64. The summed E-state index contributed by atoms with van der Waals surface area (Å²) < 4.78 is 25.5. The number of likely N-dealkylation sites (tertiary alicyclic amines) is 1. The Morgan fingerprint density at radius 1 is 1.00 bits per heavy atom. The molecule has 5 N–H and O–H groups in total. The van der Waals surface area contributed by atoms with Crippen molar-refractivity contribution in [3.63, 3.8) is 0 Å². The minimum atomic E-state index is -3.56. The molecule has 0 aromatic carbocycles. The number of carbonyl (C=O) groups is 5. The van der Waals surface area contributed by atoms with Gasteiger partial charge in [0.05, 0.1) is 16.0 Å². The predicted molar refractivity (Wildman–Crippen MR) is 174 cm³/mol. The quantitative estimate of drug-likeness (QED) is 0.193. The molecule has 0 aromatic heterocycles. The van der Waals surface area contributed by atoms with Crippen molar-refractivity contribution in [3.05, 3.63) is 11.6 Å². The Hall–Kier alpha value is -2.96. The molecule has 2 saturated carbocycles. The lowest BCUT2D eigenvalue weighted by atomic mass is 9.83. The van der Waals surface area contributed by atoms with E-state index in [0.717, 1.165) is 24.8 Å². The minimum Gasteiger partial charge on any atom is -0.363 e. The molecule has 1 saturated heterocycles. The molecule has 1 aliphatic heterocycles. The lowest BCUT2D eigenvalue weighted by Gasteiger charge is -2.41. The number of rotatable bonds is 11. The topological polar surface area (TPSA) is 185 Å². The molecule has 3 fully saturated rings. The van der Waals surface area contributed by atoms with Crippen LogP contribution in [-0.4, -0.2) is 83.6 Å². The van der Waals surface area contributed by atoms with Gasteiger partial charge in [0.25, 0.3) is 5.91 Å². The number of hydrogen-bond donors (Lipinski definition) is 4. The first kappa shape index (κ1) is 35.9. The van der Waals surface area contributed by atoms with E-state index in [4.69, 9.17) is 5.73 Å². The van der Waals surface area contributed by atoms with Crippen LogP contribution in [0.15, 0.2) is 11.6 Å². The van der Waals surface area contributed by atoms with Crippen LogP contribution in [0.3, 0.4) is 0 Å². The normalized spacial score (nSPS) is 26.1. The number of allylic oxidation sites excluding steroid dienone is 1. The van der Waals surface area contributed by atoms with Crippen molar-refractivity contribution in [1.82, 2.24) is 20.9 Å². The van der Waals surface area contributed by atoms with Crippen LogP contribution < -0.4 is 21.7 Å². The van der Waals surface area contributed by atoms with Crippen LogP contribution in [0.5, 0.6) is 0 Å². The number of primary amides is 1. The molecule has 46 heavy (non-hydrogen) atoms. The summed E-state index contributed by atoms with van der Waals surface area (Å²) in [7, 11) is -3.56.